The second kappa shape index (κ2) is 3.25. The van der Waals surface area contributed by atoms with Crippen LogP contribution in [0.15, 0.2) is 11.3 Å². The van der Waals surface area contributed by atoms with Crippen molar-refractivity contribution in [3.05, 3.63) is 6.26 Å². The molecule has 2 nitrogen and oxygen atoms in total. The number of aliphatic imine (C=N–C) groups is 1. The van der Waals surface area contributed by atoms with E-state index in [1.54, 1.807) is 0 Å². The Morgan fingerprint density at radius 2 is 2.60 bits per heavy atom. The standard InChI is InChI=1S/C3H5NO/c1-4-2-3-5/h3,5H,1H3. The number of aliphatic hydroxyl groups excluding tert-OH is 1. The summed E-state index contributed by atoms with van der Waals surface area (Å²) in [4.78, 5) is 3.30. The van der Waals surface area contributed by atoms with Gasteiger partial charge in [-0.15, -0.1) is 0 Å². The smallest absolute Gasteiger partial charge is 0.140 e. The summed E-state index contributed by atoms with van der Waals surface area (Å²) >= 11 is 0. The predicted octanol–water partition coefficient (Wildman–Crippen LogP) is 0.358. The van der Waals surface area contributed by atoms with E-state index in [9.17, 15) is 0 Å². The molecular formula is C3H5NO. The molecule has 0 spiro atoms. The minimum atomic E-state index is 0.764. The van der Waals surface area contributed by atoms with Crippen molar-refractivity contribution in [2.24, 2.45) is 4.99 Å². The quantitative estimate of drug-likeness (QED) is 0.324. The third-order valence-electron chi connectivity index (χ3n) is 0.187. The van der Waals surface area contributed by atoms with Gasteiger partial charge in [0.1, 0.15) is 6.26 Å². The Hall–Kier alpha value is -0.750. The van der Waals surface area contributed by atoms with Crippen molar-refractivity contribution >= 4 is 5.87 Å². The molecular weight excluding hydrogens is 66.0 g/mol. The Morgan fingerprint density at radius 1 is 2.00 bits per heavy atom. The van der Waals surface area contributed by atoms with E-state index in [1.807, 2.05) is 0 Å². The number of nitrogens with zero attached hydrogens (tertiary/aromatic N) is 1. The second-order valence-electron chi connectivity index (χ2n) is 0.482. The summed E-state index contributed by atoms with van der Waals surface area (Å²) in [5.41, 5.74) is 0. The van der Waals surface area contributed by atoms with Gasteiger partial charge in [-0.25, -0.2) is 4.99 Å². The monoisotopic (exact) mass is 71.0 g/mol. The molecule has 28 valence electrons. The van der Waals surface area contributed by atoms with Gasteiger partial charge in [0.25, 0.3) is 0 Å². The summed E-state index contributed by atoms with van der Waals surface area (Å²) in [5.74, 6) is 2.17. The topological polar surface area (TPSA) is 32.6 Å². The van der Waals surface area contributed by atoms with Crippen LogP contribution in [0.25, 0.3) is 0 Å². The Morgan fingerprint density at radius 3 is 2.60 bits per heavy atom. The molecule has 0 amide bonds. The number of hydrogen-bond donors (Lipinski definition) is 1. The Labute approximate surface area is 30.5 Å². The van der Waals surface area contributed by atoms with E-state index in [-0.39, 0.29) is 0 Å². The molecule has 0 saturated heterocycles. The molecule has 0 aliphatic heterocycles. The van der Waals surface area contributed by atoms with Crippen LogP contribution in [0.2, 0.25) is 0 Å². The summed E-state index contributed by atoms with van der Waals surface area (Å²) < 4.78 is 0. The lowest BCUT2D eigenvalue weighted by molar-refractivity contribution is 0.481. The molecule has 0 fully saturated rings. The van der Waals surface area contributed by atoms with Crippen LogP contribution in [0.4, 0.5) is 0 Å². The van der Waals surface area contributed by atoms with Crippen molar-refractivity contribution in [2.75, 3.05) is 7.05 Å². The minimum absolute atomic E-state index is 0.764. The van der Waals surface area contributed by atoms with Crippen molar-refractivity contribution in [1.29, 1.82) is 0 Å². The molecule has 0 saturated carbocycles. The van der Waals surface area contributed by atoms with E-state index in [4.69, 9.17) is 5.11 Å². The van der Waals surface area contributed by atoms with Gasteiger partial charge in [-0.1, -0.05) is 0 Å². The van der Waals surface area contributed by atoms with Gasteiger partial charge >= 0.3 is 0 Å². The van der Waals surface area contributed by atoms with Crippen molar-refractivity contribution in [2.45, 2.75) is 0 Å². The van der Waals surface area contributed by atoms with E-state index in [2.05, 4.69) is 10.9 Å². The maximum Gasteiger partial charge on any atom is 0.140 e. The molecule has 0 unspecified atom stereocenters. The van der Waals surface area contributed by atoms with Gasteiger partial charge in [0, 0.05) is 12.9 Å². The van der Waals surface area contributed by atoms with Gasteiger partial charge in [-0.3, -0.25) is 0 Å². The average Bonchev–Trinajstić information content (AvgIpc) is 1.41. The SMILES string of the molecule is CN=C=CO. The Bertz CT molecular complexity index is 55.3. The third kappa shape index (κ3) is 3.25. The zero-order chi connectivity index (χ0) is 4.12. The van der Waals surface area contributed by atoms with Crippen LogP contribution in [0.1, 0.15) is 0 Å². The molecule has 0 aliphatic carbocycles. The van der Waals surface area contributed by atoms with E-state index in [1.165, 1.54) is 7.05 Å². The van der Waals surface area contributed by atoms with Crippen LogP contribution in [-0.2, 0) is 0 Å². The number of aliphatic hydroxyl groups is 1. The largest absolute Gasteiger partial charge is 0.506 e. The van der Waals surface area contributed by atoms with Crippen molar-refractivity contribution in [1.82, 2.24) is 0 Å². The zero-order valence-electron chi connectivity index (χ0n) is 2.97. The first-order valence-corrected chi connectivity index (χ1v) is 1.22. The van der Waals surface area contributed by atoms with Crippen LogP contribution in [-0.4, -0.2) is 18.0 Å². The Kier molecular flexibility index (Phi) is 2.76. The highest BCUT2D eigenvalue weighted by molar-refractivity contribution is 5.48. The molecule has 5 heavy (non-hydrogen) atoms. The van der Waals surface area contributed by atoms with Crippen LogP contribution >= 0.6 is 0 Å². The highest BCUT2D eigenvalue weighted by Crippen LogP contribution is 1.39. The zero-order valence-corrected chi connectivity index (χ0v) is 2.97. The van der Waals surface area contributed by atoms with Crippen molar-refractivity contribution in [3.8, 4) is 0 Å². The maximum atomic E-state index is 7.74. The molecule has 0 radical (unpaired) electrons. The van der Waals surface area contributed by atoms with Gasteiger partial charge in [-0.05, 0) is 0 Å². The maximum absolute atomic E-state index is 7.74. The summed E-state index contributed by atoms with van der Waals surface area (Å²) in [6.07, 6.45) is 0.764. The lowest BCUT2D eigenvalue weighted by atomic mass is 11.1. The summed E-state index contributed by atoms with van der Waals surface area (Å²) in [6, 6.07) is 0. The van der Waals surface area contributed by atoms with E-state index in [0.29, 0.717) is 0 Å². The normalized spacial score (nSPS) is 5.00. The number of rotatable bonds is 0. The number of hydrogen-bond acceptors (Lipinski definition) is 2. The van der Waals surface area contributed by atoms with E-state index >= 15 is 0 Å². The minimum Gasteiger partial charge on any atom is -0.506 e. The van der Waals surface area contributed by atoms with Gasteiger partial charge < -0.3 is 5.11 Å². The fourth-order valence-electron chi connectivity index (χ4n) is 0.0577. The highest BCUT2D eigenvalue weighted by atomic mass is 16.2. The van der Waals surface area contributed by atoms with Crippen LogP contribution < -0.4 is 0 Å². The molecule has 0 rings (SSSR count). The van der Waals surface area contributed by atoms with Crippen LogP contribution in [0.5, 0.6) is 0 Å². The molecule has 1 N–H and O–H groups in total. The van der Waals surface area contributed by atoms with E-state index < -0.39 is 0 Å². The van der Waals surface area contributed by atoms with Gasteiger partial charge in [0.2, 0.25) is 0 Å². The lowest BCUT2D eigenvalue weighted by Crippen LogP contribution is -1.48. The molecule has 0 aromatic heterocycles. The van der Waals surface area contributed by atoms with Crippen molar-refractivity contribution < 1.29 is 5.11 Å². The highest BCUT2D eigenvalue weighted by Gasteiger charge is 1.36. The predicted molar refractivity (Wildman–Crippen MR) is 20.6 cm³/mol. The van der Waals surface area contributed by atoms with Crippen LogP contribution in [0, 0.1) is 0 Å². The molecule has 0 heterocycles. The molecule has 0 bridgehead atoms. The van der Waals surface area contributed by atoms with Crippen LogP contribution in [0.3, 0.4) is 0 Å². The fraction of sp³-hybridized carbons (Fsp3) is 0.333. The average molecular weight is 71.1 g/mol. The molecule has 0 atom stereocenters. The first-order chi connectivity index (χ1) is 2.41. The van der Waals surface area contributed by atoms with Crippen molar-refractivity contribution in [3.63, 3.8) is 0 Å². The first kappa shape index (κ1) is 4.25. The summed E-state index contributed by atoms with van der Waals surface area (Å²) in [6.45, 7) is 0. The molecule has 0 aromatic rings. The van der Waals surface area contributed by atoms with Gasteiger partial charge in [0.15, 0.2) is 0 Å². The fourth-order valence-corrected chi connectivity index (χ4v) is 0.0577. The van der Waals surface area contributed by atoms with E-state index in [0.717, 1.165) is 6.26 Å². The van der Waals surface area contributed by atoms with Gasteiger partial charge in [0.05, 0.1) is 0 Å². The van der Waals surface area contributed by atoms with Gasteiger partial charge in [-0.2, -0.15) is 0 Å². The molecule has 0 aliphatic rings. The molecule has 2 heteroatoms. The first-order valence-electron chi connectivity index (χ1n) is 1.22. The summed E-state index contributed by atoms with van der Waals surface area (Å²) in [7, 11) is 1.53. The lowest BCUT2D eigenvalue weighted by Gasteiger charge is -1.52. The third-order valence-corrected chi connectivity index (χ3v) is 0.187. The second-order valence-corrected chi connectivity index (χ2v) is 0.482. The summed E-state index contributed by atoms with van der Waals surface area (Å²) in [5, 5.41) is 7.74. The Balaban J connectivity index is 3.26. The molecule has 0 aromatic carbocycles.